The topological polar surface area (TPSA) is 26.3 Å². The van der Waals surface area contributed by atoms with Crippen molar-refractivity contribution < 1.29 is 22.7 Å². The van der Waals surface area contributed by atoms with Crippen LogP contribution in [0.5, 0.6) is 5.75 Å². The number of Topliss-reactive ketones (excluding diaryl/α,β-unsaturated/α-hetero) is 1. The van der Waals surface area contributed by atoms with E-state index in [0.717, 1.165) is 6.07 Å². The number of carbonyl (C=O) groups is 1. The van der Waals surface area contributed by atoms with Gasteiger partial charge in [-0.05, 0) is 23.0 Å². The van der Waals surface area contributed by atoms with E-state index in [1.807, 2.05) is 27.7 Å². The smallest absolute Gasteiger partial charge is 0.406 e. The van der Waals surface area contributed by atoms with Crippen molar-refractivity contribution in [3.05, 3.63) is 29.8 Å². The second-order valence-electron chi connectivity index (χ2n) is 6.32. The van der Waals surface area contributed by atoms with E-state index in [1.54, 1.807) is 0 Å². The summed E-state index contributed by atoms with van der Waals surface area (Å²) in [7, 11) is 0. The minimum absolute atomic E-state index is 0.132. The molecule has 1 aromatic carbocycles. The Morgan fingerprint density at radius 2 is 1.70 bits per heavy atom. The van der Waals surface area contributed by atoms with Gasteiger partial charge in [0, 0.05) is 11.5 Å². The summed E-state index contributed by atoms with van der Waals surface area (Å²) in [5.74, 6) is -0.677. The summed E-state index contributed by atoms with van der Waals surface area (Å²) in [6.07, 6.45) is -4.75. The molecule has 2 rings (SSSR count). The van der Waals surface area contributed by atoms with E-state index in [2.05, 4.69) is 4.74 Å². The number of ketones is 1. The van der Waals surface area contributed by atoms with Gasteiger partial charge in [-0.25, -0.2) is 0 Å². The number of halogens is 3. The van der Waals surface area contributed by atoms with Crippen LogP contribution in [0.1, 0.15) is 38.1 Å². The summed E-state index contributed by atoms with van der Waals surface area (Å²) in [5.41, 5.74) is -0.0361. The van der Waals surface area contributed by atoms with Gasteiger partial charge in [-0.1, -0.05) is 39.8 Å². The molecule has 0 radical (unpaired) electrons. The van der Waals surface area contributed by atoms with E-state index in [9.17, 15) is 18.0 Å². The van der Waals surface area contributed by atoms with Crippen LogP contribution in [-0.2, 0) is 0 Å². The largest absolute Gasteiger partial charge is 0.573 e. The van der Waals surface area contributed by atoms with Crippen LogP contribution in [0.15, 0.2) is 24.3 Å². The van der Waals surface area contributed by atoms with Crippen molar-refractivity contribution in [2.24, 2.45) is 16.7 Å². The number of alkyl halides is 3. The Morgan fingerprint density at radius 3 is 2.15 bits per heavy atom. The van der Waals surface area contributed by atoms with Crippen molar-refractivity contribution in [2.75, 3.05) is 0 Å². The number of ether oxygens (including phenoxy) is 1. The second kappa shape index (κ2) is 4.24. The molecular formula is C15H17F3O2. The molecule has 0 aromatic heterocycles. The number of carbonyl (C=O) groups excluding carboxylic acids is 1. The van der Waals surface area contributed by atoms with Gasteiger partial charge in [-0.2, -0.15) is 0 Å². The summed E-state index contributed by atoms with van der Waals surface area (Å²) in [4.78, 5) is 12.4. The fourth-order valence-electron chi connectivity index (χ4n) is 2.86. The summed E-state index contributed by atoms with van der Waals surface area (Å²) in [6.45, 7) is 7.97. The van der Waals surface area contributed by atoms with Crippen molar-refractivity contribution in [1.82, 2.24) is 0 Å². The number of hydrogen-bond donors (Lipinski definition) is 0. The molecular weight excluding hydrogens is 269 g/mol. The van der Waals surface area contributed by atoms with Crippen molar-refractivity contribution in [3.63, 3.8) is 0 Å². The Hall–Kier alpha value is -1.52. The molecule has 1 fully saturated rings. The zero-order valence-electron chi connectivity index (χ0n) is 11.8. The second-order valence-corrected chi connectivity index (χ2v) is 6.32. The normalized spacial score (nSPS) is 20.6. The maximum Gasteiger partial charge on any atom is 0.573 e. The van der Waals surface area contributed by atoms with Crippen LogP contribution in [0.3, 0.4) is 0 Å². The average Bonchev–Trinajstić information content (AvgIpc) is 2.66. The first kappa shape index (κ1) is 14.9. The number of rotatable bonds is 3. The molecule has 0 spiro atoms. The Kier molecular flexibility index (Phi) is 3.15. The highest BCUT2D eigenvalue weighted by Crippen LogP contribution is 2.69. The fourth-order valence-corrected chi connectivity index (χ4v) is 2.86. The van der Waals surface area contributed by atoms with Crippen LogP contribution in [0, 0.1) is 16.7 Å². The quantitative estimate of drug-likeness (QED) is 0.767. The minimum Gasteiger partial charge on any atom is -0.406 e. The third-order valence-electron chi connectivity index (χ3n) is 4.64. The van der Waals surface area contributed by atoms with E-state index < -0.39 is 6.36 Å². The molecule has 0 saturated heterocycles. The van der Waals surface area contributed by atoms with E-state index in [4.69, 9.17) is 0 Å². The summed E-state index contributed by atoms with van der Waals surface area (Å²) in [5, 5.41) is 0. The molecule has 2 nitrogen and oxygen atoms in total. The first-order valence-electron chi connectivity index (χ1n) is 6.37. The summed E-state index contributed by atoms with van der Waals surface area (Å²) >= 11 is 0. The molecule has 1 aromatic rings. The molecule has 0 atom stereocenters. The van der Waals surface area contributed by atoms with Crippen LogP contribution >= 0.6 is 0 Å². The highest BCUT2D eigenvalue weighted by atomic mass is 19.4. The van der Waals surface area contributed by atoms with Gasteiger partial charge < -0.3 is 4.74 Å². The molecule has 5 heteroatoms. The van der Waals surface area contributed by atoms with Gasteiger partial charge in [0.1, 0.15) is 5.75 Å². The predicted octanol–water partition coefficient (Wildman–Crippen LogP) is 4.45. The van der Waals surface area contributed by atoms with Crippen LogP contribution in [-0.4, -0.2) is 12.1 Å². The molecule has 1 saturated carbocycles. The first-order chi connectivity index (χ1) is 8.97. The standard InChI is InChI=1S/C15H17F3O2/c1-13(2)12(14(13,3)4)11(19)9-6-5-7-10(8-9)20-15(16,17)18/h5-8,12H,1-4H3. The van der Waals surface area contributed by atoms with Crippen LogP contribution in [0.4, 0.5) is 13.2 Å². The number of hydrogen-bond acceptors (Lipinski definition) is 2. The Morgan fingerprint density at radius 1 is 1.15 bits per heavy atom. The molecule has 0 aliphatic heterocycles. The van der Waals surface area contributed by atoms with Gasteiger partial charge in [-0.15, -0.1) is 13.2 Å². The van der Waals surface area contributed by atoms with Crippen LogP contribution in [0.2, 0.25) is 0 Å². The third-order valence-corrected chi connectivity index (χ3v) is 4.64. The first-order valence-corrected chi connectivity index (χ1v) is 6.37. The van der Waals surface area contributed by atoms with Gasteiger partial charge in [-0.3, -0.25) is 4.79 Å². The lowest BCUT2D eigenvalue weighted by atomic mass is 10.0. The van der Waals surface area contributed by atoms with Gasteiger partial charge in [0.25, 0.3) is 0 Å². The SMILES string of the molecule is CC1(C)C(C(=O)c2cccc(OC(F)(F)F)c2)C1(C)C. The lowest BCUT2D eigenvalue weighted by molar-refractivity contribution is -0.274. The van der Waals surface area contributed by atoms with E-state index in [1.165, 1.54) is 18.2 Å². The molecule has 0 heterocycles. The molecule has 0 N–H and O–H groups in total. The Balaban J connectivity index is 2.23. The van der Waals surface area contributed by atoms with Gasteiger partial charge in [0.2, 0.25) is 0 Å². The van der Waals surface area contributed by atoms with E-state index >= 15 is 0 Å². The summed E-state index contributed by atoms with van der Waals surface area (Å²) in [6, 6.07) is 5.26. The summed E-state index contributed by atoms with van der Waals surface area (Å²) < 4.78 is 40.4. The molecule has 110 valence electrons. The van der Waals surface area contributed by atoms with Crippen LogP contribution < -0.4 is 4.74 Å². The van der Waals surface area contributed by atoms with Gasteiger partial charge >= 0.3 is 6.36 Å². The van der Waals surface area contributed by atoms with E-state index in [-0.39, 0.29) is 33.8 Å². The zero-order chi connectivity index (χ0) is 15.3. The molecule has 20 heavy (non-hydrogen) atoms. The lowest BCUT2D eigenvalue weighted by Crippen LogP contribution is -2.17. The van der Waals surface area contributed by atoms with Gasteiger partial charge in [0.05, 0.1) is 0 Å². The molecule has 1 aliphatic carbocycles. The van der Waals surface area contributed by atoms with Crippen molar-refractivity contribution >= 4 is 5.78 Å². The average molecular weight is 286 g/mol. The number of benzene rings is 1. The lowest BCUT2D eigenvalue weighted by Gasteiger charge is -2.10. The van der Waals surface area contributed by atoms with E-state index in [0.29, 0.717) is 0 Å². The fraction of sp³-hybridized carbons (Fsp3) is 0.533. The highest BCUT2D eigenvalue weighted by molar-refractivity contribution is 6.01. The Labute approximate surface area is 115 Å². The van der Waals surface area contributed by atoms with Crippen molar-refractivity contribution in [3.8, 4) is 5.75 Å². The molecule has 0 unspecified atom stereocenters. The zero-order valence-corrected chi connectivity index (χ0v) is 11.8. The van der Waals surface area contributed by atoms with Crippen LogP contribution in [0.25, 0.3) is 0 Å². The van der Waals surface area contributed by atoms with Gasteiger partial charge in [0.15, 0.2) is 5.78 Å². The molecule has 1 aliphatic rings. The maximum atomic E-state index is 12.4. The molecule has 0 amide bonds. The predicted molar refractivity (Wildman–Crippen MR) is 68.5 cm³/mol. The minimum atomic E-state index is -4.75. The van der Waals surface area contributed by atoms with Crippen molar-refractivity contribution in [1.29, 1.82) is 0 Å². The Bertz CT molecular complexity index is 530. The molecule has 0 bridgehead atoms. The maximum absolute atomic E-state index is 12.4. The van der Waals surface area contributed by atoms with Crippen molar-refractivity contribution in [2.45, 2.75) is 34.1 Å². The third kappa shape index (κ3) is 2.41. The highest BCUT2D eigenvalue weighted by Gasteiger charge is 2.67. The monoisotopic (exact) mass is 286 g/mol.